The van der Waals surface area contributed by atoms with E-state index in [-0.39, 0.29) is 12.4 Å². The standard InChI is InChI=1S/C20H26N2OS.ClH/c1-4-6-12-21-20-22(13-7-5-2)17-15-10-8-9-11-16(15)18(23)14(3)19(17)24-20;/h8-11,23H,4-7,12-13H2,1-3H3;1H. The molecule has 0 radical (unpaired) electrons. The van der Waals surface area contributed by atoms with E-state index in [1.807, 2.05) is 19.1 Å². The number of unbranched alkanes of at least 4 members (excludes halogenated alkanes) is 2. The zero-order valence-corrected chi connectivity index (χ0v) is 16.8. The molecule has 1 aromatic heterocycles. The van der Waals surface area contributed by atoms with Crippen LogP contribution in [0.5, 0.6) is 5.75 Å². The molecule has 5 heteroatoms. The summed E-state index contributed by atoms with van der Waals surface area (Å²) in [6.07, 6.45) is 4.70. The van der Waals surface area contributed by atoms with Crippen molar-refractivity contribution in [1.29, 1.82) is 0 Å². The first-order chi connectivity index (χ1) is 11.7. The van der Waals surface area contributed by atoms with Crippen LogP contribution in [0.15, 0.2) is 24.3 Å². The summed E-state index contributed by atoms with van der Waals surface area (Å²) >= 11 is 1.77. The summed E-state index contributed by atoms with van der Waals surface area (Å²) in [6.45, 7) is 8.49. The van der Waals surface area contributed by atoms with Gasteiger partial charge < -0.3 is 17.5 Å². The van der Waals surface area contributed by atoms with Crippen LogP contribution in [0.25, 0.3) is 21.0 Å². The van der Waals surface area contributed by atoms with Crippen molar-refractivity contribution in [3.8, 4) is 5.75 Å². The third-order valence-corrected chi connectivity index (χ3v) is 5.87. The van der Waals surface area contributed by atoms with E-state index in [0.717, 1.165) is 35.8 Å². The van der Waals surface area contributed by atoms with Gasteiger partial charge in [-0.05, 0) is 37.2 Å². The van der Waals surface area contributed by atoms with Gasteiger partial charge in [0.15, 0.2) is 5.52 Å². The number of halogens is 1. The van der Waals surface area contributed by atoms with Crippen molar-refractivity contribution in [3.63, 3.8) is 0 Å². The summed E-state index contributed by atoms with van der Waals surface area (Å²) in [7, 11) is 0. The maximum Gasteiger partial charge on any atom is 0.334 e. The van der Waals surface area contributed by atoms with E-state index >= 15 is 0 Å². The Balaban J connectivity index is 0.00000225. The van der Waals surface area contributed by atoms with Gasteiger partial charge in [-0.1, -0.05) is 44.9 Å². The molecule has 0 aliphatic rings. The lowest BCUT2D eigenvalue weighted by Gasteiger charge is -2.08. The lowest BCUT2D eigenvalue weighted by atomic mass is 10.0. The number of nitrogens with zero attached hydrogens (tertiary/aromatic N) is 1. The summed E-state index contributed by atoms with van der Waals surface area (Å²) in [5.41, 5.74) is 2.25. The van der Waals surface area contributed by atoms with E-state index in [4.69, 9.17) is 0 Å². The number of phenols is 1. The number of benzene rings is 2. The van der Waals surface area contributed by atoms with Gasteiger partial charge in [0.05, 0.1) is 17.8 Å². The van der Waals surface area contributed by atoms with Crippen LogP contribution >= 0.6 is 11.3 Å². The number of phenolic OH excluding ortho intramolecular Hbond substituents is 1. The van der Waals surface area contributed by atoms with Crippen LogP contribution in [0.1, 0.15) is 45.1 Å². The normalized spacial score (nSPS) is 11.0. The molecule has 3 nitrogen and oxygen atoms in total. The predicted octanol–water partition coefficient (Wildman–Crippen LogP) is 2.37. The highest BCUT2D eigenvalue weighted by atomic mass is 35.5. The molecule has 0 fully saturated rings. The van der Waals surface area contributed by atoms with Crippen molar-refractivity contribution in [2.75, 3.05) is 11.9 Å². The number of hydrogen-bond acceptors (Lipinski definition) is 3. The molecule has 0 saturated heterocycles. The maximum absolute atomic E-state index is 10.6. The first kappa shape index (κ1) is 19.8. The number of aryl methyl sites for hydroxylation is 2. The average molecular weight is 379 g/mol. The molecule has 0 bridgehead atoms. The zero-order valence-electron chi connectivity index (χ0n) is 15.2. The highest BCUT2D eigenvalue weighted by Gasteiger charge is 2.23. The van der Waals surface area contributed by atoms with Crippen molar-refractivity contribution >= 4 is 37.5 Å². The number of aromatic hydroxyl groups is 1. The Hall–Kier alpha value is -1.52. The van der Waals surface area contributed by atoms with Gasteiger partial charge in [0.25, 0.3) is 0 Å². The lowest BCUT2D eigenvalue weighted by molar-refractivity contribution is -0.653. The lowest BCUT2D eigenvalue weighted by Crippen LogP contribution is -3.00. The fourth-order valence-corrected chi connectivity index (χ4v) is 4.41. The van der Waals surface area contributed by atoms with Crippen LogP contribution in [0.3, 0.4) is 0 Å². The van der Waals surface area contributed by atoms with Crippen LogP contribution in [-0.2, 0) is 6.54 Å². The van der Waals surface area contributed by atoms with Gasteiger partial charge in [-0.3, -0.25) is 5.32 Å². The number of aromatic nitrogens is 1. The SMILES string of the molecule is CCCCNc1sc2c(C)c(O)c3ccccc3c2[n+]1CCCC.[Cl-]. The van der Waals surface area contributed by atoms with Crippen LogP contribution < -0.4 is 22.3 Å². The van der Waals surface area contributed by atoms with Crippen molar-refractivity contribution in [2.45, 2.75) is 53.0 Å². The van der Waals surface area contributed by atoms with Gasteiger partial charge in [0, 0.05) is 16.3 Å². The summed E-state index contributed by atoms with van der Waals surface area (Å²) in [6, 6.07) is 8.20. The molecule has 2 N–H and O–H groups in total. The summed E-state index contributed by atoms with van der Waals surface area (Å²) < 4.78 is 3.62. The number of anilines is 1. The number of thiazole rings is 1. The van der Waals surface area contributed by atoms with Gasteiger partial charge in [-0.15, -0.1) is 0 Å². The summed E-state index contributed by atoms with van der Waals surface area (Å²) in [4.78, 5) is 0. The van der Waals surface area contributed by atoms with Crippen LogP contribution in [0.4, 0.5) is 5.13 Å². The largest absolute Gasteiger partial charge is 1.00 e. The number of fused-ring (bicyclic) bond motifs is 3. The molecule has 0 atom stereocenters. The number of rotatable bonds is 7. The number of nitrogens with one attached hydrogen (secondary N) is 1. The smallest absolute Gasteiger partial charge is 0.334 e. The minimum Gasteiger partial charge on any atom is -1.00 e. The monoisotopic (exact) mass is 378 g/mol. The molecule has 25 heavy (non-hydrogen) atoms. The van der Waals surface area contributed by atoms with E-state index in [9.17, 15) is 5.11 Å². The van der Waals surface area contributed by atoms with E-state index in [2.05, 4.69) is 35.9 Å². The zero-order chi connectivity index (χ0) is 17.1. The Morgan fingerprint density at radius 1 is 1.08 bits per heavy atom. The van der Waals surface area contributed by atoms with E-state index in [1.54, 1.807) is 11.3 Å². The highest BCUT2D eigenvalue weighted by Crippen LogP contribution is 2.39. The third-order valence-electron chi connectivity index (χ3n) is 4.60. The Morgan fingerprint density at radius 2 is 1.76 bits per heavy atom. The minimum absolute atomic E-state index is 0. The molecule has 0 spiro atoms. The Labute approximate surface area is 160 Å². The van der Waals surface area contributed by atoms with Gasteiger partial charge in [0.2, 0.25) is 0 Å². The Morgan fingerprint density at radius 3 is 2.44 bits per heavy atom. The fraction of sp³-hybridized carbons (Fsp3) is 0.450. The van der Waals surface area contributed by atoms with Gasteiger partial charge >= 0.3 is 5.13 Å². The second kappa shape index (κ2) is 8.72. The van der Waals surface area contributed by atoms with Crippen LogP contribution in [0, 0.1) is 6.92 Å². The van der Waals surface area contributed by atoms with Crippen molar-refractivity contribution < 1.29 is 22.1 Å². The first-order valence-corrected chi connectivity index (χ1v) is 9.81. The van der Waals surface area contributed by atoms with E-state index in [0.29, 0.717) is 5.75 Å². The van der Waals surface area contributed by atoms with Crippen molar-refractivity contribution in [1.82, 2.24) is 0 Å². The summed E-state index contributed by atoms with van der Waals surface area (Å²) in [5, 5.41) is 17.6. The van der Waals surface area contributed by atoms with E-state index in [1.165, 1.54) is 34.6 Å². The predicted molar refractivity (Wildman–Crippen MR) is 104 cm³/mol. The molecule has 3 rings (SSSR count). The van der Waals surface area contributed by atoms with Crippen LogP contribution in [0.2, 0.25) is 0 Å². The average Bonchev–Trinajstić information content (AvgIpc) is 2.97. The second-order valence-electron chi connectivity index (χ2n) is 6.39. The topological polar surface area (TPSA) is 36.1 Å². The molecule has 0 saturated carbocycles. The van der Waals surface area contributed by atoms with E-state index < -0.39 is 0 Å². The minimum atomic E-state index is 0. The van der Waals surface area contributed by atoms with Gasteiger partial charge in [-0.25, -0.2) is 4.57 Å². The molecule has 3 aromatic rings. The third kappa shape index (κ3) is 3.70. The van der Waals surface area contributed by atoms with Gasteiger partial charge in [0.1, 0.15) is 5.75 Å². The van der Waals surface area contributed by atoms with Gasteiger partial charge in [-0.2, -0.15) is 0 Å². The molecule has 0 aliphatic carbocycles. The fourth-order valence-electron chi connectivity index (χ4n) is 3.18. The number of hydrogen-bond donors (Lipinski definition) is 2. The molecular weight excluding hydrogens is 352 g/mol. The van der Waals surface area contributed by atoms with Crippen molar-refractivity contribution in [2.24, 2.45) is 0 Å². The van der Waals surface area contributed by atoms with Crippen LogP contribution in [-0.4, -0.2) is 11.7 Å². The quantitative estimate of drug-likeness (QED) is 0.489. The second-order valence-corrected chi connectivity index (χ2v) is 7.39. The molecular formula is C20H27ClN2OS. The molecule has 136 valence electrons. The molecule has 2 aromatic carbocycles. The molecule has 1 heterocycles. The Bertz CT molecular complexity index is 860. The molecule has 0 aliphatic heterocycles. The Kier molecular flexibility index (Phi) is 6.91. The molecule has 0 amide bonds. The van der Waals surface area contributed by atoms with Crippen molar-refractivity contribution in [3.05, 3.63) is 29.8 Å². The molecule has 0 unspecified atom stereocenters. The maximum atomic E-state index is 10.6. The summed E-state index contributed by atoms with van der Waals surface area (Å²) in [5.74, 6) is 0.419. The highest BCUT2D eigenvalue weighted by molar-refractivity contribution is 7.22. The first-order valence-electron chi connectivity index (χ1n) is 8.99.